The highest BCUT2D eigenvalue weighted by Crippen LogP contribution is 2.33. The summed E-state index contributed by atoms with van der Waals surface area (Å²) in [5.74, 6) is 0.134. The number of esters is 1. The van der Waals surface area contributed by atoms with Gasteiger partial charge in [0.05, 0.1) is 18.7 Å². The molecule has 0 aromatic heterocycles. The number of hydrogen-bond acceptors (Lipinski definition) is 4. The third-order valence-electron chi connectivity index (χ3n) is 6.27. The average Bonchev–Trinajstić information content (AvgIpc) is 2.82. The first-order valence-electron chi connectivity index (χ1n) is 11.7. The Hall–Kier alpha value is -3.39. The molecule has 0 saturated heterocycles. The molecule has 3 rings (SSSR count). The second-order valence-electron chi connectivity index (χ2n) is 9.25. The van der Waals surface area contributed by atoms with Crippen LogP contribution in [0.3, 0.4) is 0 Å². The number of anilines is 2. The minimum Gasteiger partial charge on any atom is -0.466 e. The summed E-state index contributed by atoms with van der Waals surface area (Å²) in [6.45, 7) is 10.3. The zero-order valence-electron chi connectivity index (χ0n) is 21.4. The number of nitrogens with zero attached hydrogens (tertiary/aromatic N) is 1. The van der Waals surface area contributed by atoms with Crippen LogP contribution in [0.4, 0.5) is 16.2 Å². The van der Waals surface area contributed by atoms with Crippen molar-refractivity contribution in [2.45, 2.75) is 52.5 Å². The highest BCUT2D eigenvalue weighted by molar-refractivity contribution is 7.80. The predicted molar refractivity (Wildman–Crippen MR) is 145 cm³/mol. The number of para-hydroxylation sites is 1. The molecule has 1 atom stereocenters. The summed E-state index contributed by atoms with van der Waals surface area (Å²) >= 11 is 5.42. The molecule has 0 aliphatic carbocycles. The molecule has 0 unspecified atom stereocenters. The molecule has 7 nitrogen and oxygen atoms in total. The van der Waals surface area contributed by atoms with Crippen LogP contribution in [0.1, 0.15) is 69.2 Å². The van der Waals surface area contributed by atoms with Gasteiger partial charge in [0.25, 0.3) is 0 Å². The van der Waals surface area contributed by atoms with Crippen molar-refractivity contribution in [2.75, 3.05) is 24.8 Å². The molecule has 0 spiro atoms. The van der Waals surface area contributed by atoms with Crippen molar-refractivity contribution in [3.05, 3.63) is 70.4 Å². The molecule has 0 saturated carbocycles. The molecular formula is C27H34N4O3S. The van der Waals surface area contributed by atoms with Crippen LogP contribution in [0, 0.1) is 0 Å². The standard InChI is InChI=1S/C27H34N4O3S/c1-15(2)20-9-8-10-21(16(3)4)24(20)29-26(33)28-19-13-11-18(12-14-19)23-22(25(32)34-7)17(5)31(6)27(35)30-23/h8-16,23H,1-7H3,(H,30,35)(H2,28,29,33)/t23-/m0/s1. The van der Waals surface area contributed by atoms with Crippen LogP contribution < -0.4 is 16.0 Å². The van der Waals surface area contributed by atoms with Crippen molar-refractivity contribution in [1.82, 2.24) is 10.2 Å². The largest absolute Gasteiger partial charge is 0.466 e. The quantitative estimate of drug-likeness (QED) is 0.343. The first-order chi connectivity index (χ1) is 16.5. The molecule has 0 bridgehead atoms. The Balaban J connectivity index is 1.82. The molecule has 2 aromatic carbocycles. The number of methoxy groups -OCH3 is 1. The molecule has 8 heteroatoms. The van der Waals surface area contributed by atoms with Gasteiger partial charge in [-0.3, -0.25) is 0 Å². The Morgan fingerprint density at radius 2 is 1.57 bits per heavy atom. The topological polar surface area (TPSA) is 82.7 Å². The summed E-state index contributed by atoms with van der Waals surface area (Å²) in [6.07, 6.45) is 0. The lowest BCUT2D eigenvalue weighted by molar-refractivity contribution is -0.136. The van der Waals surface area contributed by atoms with Crippen molar-refractivity contribution in [3.8, 4) is 0 Å². The van der Waals surface area contributed by atoms with Gasteiger partial charge in [0.2, 0.25) is 0 Å². The molecule has 35 heavy (non-hydrogen) atoms. The van der Waals surface area contributed by atoms with E-state index in [1.54, 1.807) is 24.1 Å². The number of allylic oxidation sites excluding steroid dienone is 1. The van der Waals surface area contributed by atoms with Gasteiger partial charge in [-0.2, -0.15) is 0 Å². The van der Waals surface area contributed by atoms with Gasteiger partial charge >= 0.3 is 12.0 Å². The molecule has 1 aliphatic heterocycles. The number of carbonyl (C=O) groups excluding carboxylic acids is 2. The number of amides is 2. The zero-order valence-corrected chi connectivity index (χ0v) is 22.2. The predicted octanol–water partition coefficient (Wildman–Crippen LogP) is 5.89. The van der Waals surface area contributed by atoms with Gasteiger partial charge in [-0.05, 0) is 59.8 Å². The van der Waals surface area contributed by atoms with Crippen molar-refractivity contribution >= 4 is 40.7 Å². The van der Waals surface area contributed by atoms with Gasteiger partial charge < -0.3 is 25.6 Å². The maximum absolute atomic E-state index is 12.9. The van der Waals surface area contributed by atoms with Gasteiger partial charge in [0.1, 0.15) is 0 Å². The van der Waals surface area contributed by atoms with Gasteiger partial charge in [-0.15, -0.1) is 0 Å². The van der Waals surface area contributed by atoms with Gasteiger partial charge in [0, 0.05) is 24.1 Å². The van der Waals surface area contributed by atoms with Crippen LogP contribution in [0.25, 0.3) is 0 Å². The van der Waals surface area contributed by atoms with Crippen LogP contribution in [0.2, 0.25) is 0 Å². The van der Waals surface area contributed by atoms with Gasteiger partial charge in [-0.1, -0.05) is 58.0 Å². The minimum atomic E-state index is -0.444. The van der Waals surface area contributed by atoms with Crippen LogP contribution >= 0.6 is 12.2 Å². The van der Waals surface area contributed by atoms with E-state index < -0.39 is 12.0 Å². The van der Waals surface area contributed by atoms with Crippen LogP contribution in [0.5, 0.6) is 0 Å². The summed E-state index contributed by atoms with van der Waals surface area (Å²) in [5.41, 5.74) is 5.75. The van der Waals surface area contributed by atoms with E-state index in [1.165, 1.54) is 7.11 Å². The first kappa shape index (κ1) is 26.2. The van der Waals surface area contributed by atoms with Gasteiger partial charge in [-0.25, -0.2) is 9.59 Å². The first-order valence-corrected chi connectivity index (χ1v) is 12.1. The maximum Gasteiger partial charge on any atom is 0.337 e. The van der Waals surface area contributed by atoms with E-state index in [4.69, 9.17) is 17.0 Å². The Bertz CT molecular complexity index is 1130. The molecule has 186 valence electrons. The van der Waals surface area contributed by atoms with E-state index in [9.17, 15) is 9.59 Å². The maximum atomic E-state index is 12.9. The van der Waals surface area contributed by atoms with Crippen molar-refractivity contribution in [2.24, 2.45) is 0 Å². The molecule has 0 radical (unpaired) electrons. The number of hydrogen-bond donors (Lipinski definition) is 3. The smallest absolute Gasteiger partial charge is 0.337 e. The number of benzene rings is 2. The fourth-order valence-electron chi connectivity index (χ4n) is 4.19. The van der Waals surface area contributed by atoms with E-state index in [2.05, 4.69) is 43.6 Å². The molecule has 2 aromatic rings. The lowest BCUT2D eigenvalue weighted by Crippen LogP contribution is -2.46. The van der Waals surface area contributed by atoms with Crippen molar-refractivity contribution in [3.63, 3.8) is 0 Å². The highest BCUT2D eigenvalue weighted by atomic mass is 32.1. The van der Waals surface area contributed by atoms with E-state index in [1.807, 2.05) is 37.3 Å². The number of thiocarbonyl (C=S) groups is 1. The summed E-state index contributed by atoms with van der Waals surface area (Å²) in [7, 11) is 3.16. The summed E-state index contributed by atoms with van der Waals surface area (Å²) in [4.78, 5) is 27.1. The number of carbonyl (C=O) groups is 2. The molecule has 1 heterocycles. The number of urea groups is 1. The summed E-state index contributed by atoms with van der Waals surface area (Å²) in [5, 5.41) is 9.70. The Kier molecular flexibility index (Phi) is 8.17. The third-order valence-corrected chi connectivity index (χ3v) is 6.66. The number of nitrogens with one attached hydrogen (secondary N) is 3. The molecule has 3 N–H and O–H groups in total. The fourth-order valence-corrected chi connectivity index (χ4v) is 4.44. The van der Waals surface area contributed by atoms with E-state index in [0.717, 1.165) is 28.1 Å². The second-order valence-corrected chi connectivity index (χ2v) is 9.64. The normalized spacial score (nSPS) is 15.9. The van der Waals surface area contributed by atoms with Crippen LogP contribution in [-0.4, -0.2) is 36.2 Å². The Morgan fingerprint density at radius 1 is 1.00 bits per heavy atom. The zero-order chi connectivity index (χ0) is 25.9. The molecule has 1 aliphatic rings. The Labute approximate surface area is 212 Å². The molecule has 2 amide bonds. The molecular weight excluding hydrogens is 460 g/mol. The van der Waals surface area contributed by atoms with Crippen molar-refractivity contribution < 1.29 is 14.3 Å². The fraction of sp³-hybridized carbons (Fsp3) is 0.370. The summed E-state index contributed by atoms with van der Waals surface area (Å²) < 4.78 is 5.01. The van der Waals surface area contributed by atoms with Gasteiger partial charge in [0.15, 0.2) is 5.11 Å². The minimum absolute atomic E-state index is 0.275. The lowest BCUT2D eigenvalue weighted by Gasteiger charge is -2.35. The number of rotatable bonds is 6. The van der Waals surface area contributed by atoms with E-state index in [0.29, 0.717) is 16.4 Å². The number of ether oxygens (including phenoxy) is 1. The monoisotopic (exact) mass is 494 g/mol. The van der Waals surface area contributed by atoms with Crippen LogP contribution in [-0.2, 0) is 9.53 Å². The van der Waals surface area contributed by atoms with E-state index >= 15 is 0 Å². The lowest BCUT2D eigenvalue weighted by atomic mass is 9.93. The highest BCUT2D eigenvalue weighted by Gasteiger charge is 2.33. The SMILES string of the molecule is COC(=O)C1=C(C)N(C)C(=S)N[C@H]1c1ccc(NC(=O)Nc2c(C(C)C)cccc2C(C)C)cc1. The van der Waals surface area contributed by atoms with E-state index in [-0.39, 0.29) is 17.9 Å². The second kappa shape index (κ2) is 10.9. The van der Waals surface area contributed by atoms with Crippen molar-refractivity contribution in [1.29, 1.82) is 0 Å². The Morgan fingerprint density at radius 3 is 2.09 bits per heavy atom. The molecule has 0 fully saturated rings. The summed E-state index contributed by atoms with van der Waals surface area (Å²) in [6, 6.07) is 12.7. The average molecular weight is 495 g/mol. The third kappa shape index (κ3) is 5.65. The van der Waals surface area contributed by atoms with Crippen LogP contribution in [0.15, 0.2) is 53.7 Å².